The van der Waals surface area contributed by atoms with E-state index in [2.05, 4.69) is 31.9 Å². The average Bonchev–Trinajstić information content (AvgIpc) is 2.03. The van der Waals surface area contributed by atoms with Crippen LogP contribution in [0.2, 0.25) is 0 Å². The third-order valence-electron chi connectivity index (χ3n) is 1.27. The van der Waals surface area contributed by atoms with Crippen molar-refractivity contribution < 1.29 is 4.74 Å². The van der Waals surface area contributed by atoms with Crippen LogP contribution < -0.4 is 10.5 Å². The molecule has 0 fully saturated rings. The van der Waals surface area contributed by atoms with Crippen LogP contribution in [0.4, 0.5) is 0 Å². The van der Waals surface area contributed by atoms with E-state index in [0.29, 0.717) is 13.2 Å². The average molecular weight is 295 g/mol. The number of hydrogen-bond donors (Lipinski definition) is 1. The highest BCUT2D eigenvalue weighted by molar-refractivity contribution is 9.11. The molecular formula is C8H9Br2NO. The van der Waals surface area contributed by atoms with Gasteiger partial charge in [-0.05, 0) is 34.1 Å². The van der Waals surface area contributed by atoms with Crippen molar-refractivity contribution in [2.24, 2.45) is 5.73 Å². The Bertz CT molecular complexity index is 265. The molecule has 0 aliphatic rings. The lowest BCUT2D eigenvalue weighted by atomic mass is 10.3. The van der Waals surface area contributed by atoms with E-state index in [0.717, 1.165) is 14.7 Å². The summed E-state index contributed by atoms with van der Waals surface area (Å²) in [6, 6.07) is 5.76. The Labute approximate surface area is 88.3 Å². The summed E-state index contributed by atoms with van der Waals surface area (Å²) < 4.78 is 7.31. The lowest BCUT2D eigenvalue weighted by Gasteiger charge is -2.06. The third-order valence-corrected chi connectivity index (χ3v) is 2.38. The highest BCUT2D eigenvalue weighted by Crippen LogP contribution is 2.27. The molecule has 2 N–H and O–H groups in total. The summed E-state index contributed by atoms with van der Waals surface area (Å²) in [6.07, 6.45) is 0. The molecule has 2 nitrogen and oxygen atoms in total. The maximum Gasteiger partial charge on any atom is 0.133 e. The molecule has 4 heteroatoms. The molecule has 0 aromatic heterocycles. The maximum absolute atomic E-state index is 5.35. The SMILES string of the molecule is NCCOc1ccc(Br)cc1Br. The summed E-state index contributed by atoms with van der Waals surface area (Å²) in [6.45, 7) is 1.07. The van der Waals surface area contributed by atoms with Gasteiger partial charge in [-0.25, -0.2) is 0 Å². The first-order valence-electron chi connectivity index (χ1n) is 3.52. The van der Waals surface area contributed by atoms with Crippen LogP contribution in [0.15, 0.2) is 27.1 Å². The van der Waals surface area contributed by atoms with E-state index in [4.69, 9.17) is 10.5 Å². The monoisotopic (exact) mass is 293 g/mol. The van der Waals surface area contributed by atoms with Gasteiger partial charge in [-0.1, -0.05) is 15.9 Å². The molecule has 12 heavy (non-hydrogen) atoms. The Morgan fingerprint density at radius 2 is 2.08 bits per heavy atom. The van der Waals surface area contributed by atoms with Crippen LogP contribution in [0.5, 0.6) is 5.75 Å². The topological polar surface area (TPSA) is 35.2 Å². The second kappa shape index (κ2) is 4.84. The summed E-state index contributed by atoms with van der Waals surface area (Å²) in [5.74, 6) is 0.823. The molecule has 1 aromatic carbocycles. The fourth-order valence-electron chi connectivity index (χ4n) is 0.761. The number of nitrogens with two attached hydrogens (primary N) is 1. The van der Waals surface area contributed by atoms with Crippen LogP contribution in [0, 0.1) is 0 Å². The van der Waals surface area contributed by atoms with E-state index in [1.807, 2.05) is 18.2 Å². The van der Waals surface area contributed by atoms with Gasteiger partial charge in [0.15, 0.2) is 0 Å². The van der Waals surface area contributed by atoms with Crippen LogP contribution in [0.1, 0.15) is 0 Å². The highest BCUT2D eigenvalue weighted by atomic mass is 79.9. The molecule has 0 heterocycles. The quantitative estimate of drug-likeness (QED) is 0.930. The van der Waals surface area contributed by atoms with Gasteiger partial charge in [0, 0.05) is 11.0 Å². The minimum absolute atomic E-state index is 0.530. The van der Waals surface area contributed by atoms with Crippen LogP contribution in [-0.2, 0) is 0 Å². The lowest BCUT2D eigenvalue weighted by Crippen LogP contribution is -2.10. The van der Waals surface area contributed by atoms with Gasteiger partial charge in [0.05, 0.1) is 4.47 Å². The summed E-state index contributed by atoms with van der Waals surface area (Å²) >= 11 is 6.74. The molecule has 1 rings (SSSR count). The van der Waals surface area contributed by atoms with E-state index < -0.39 is 0 Å². The zero-order chi connectivity index (χ0) is 8.97. The van der Waals surface area contributed by atoms with Gasteiger partial charge in [-0.3, -0.25) is 0 Å². The smallest absolute Gasteiger partial charge is 0.133 e. The highest BCUT2D eigenvalue weighted by Gasteiger charge is 1.99. The summed E-state index contributed by atoms with van der Waals surface area (Å²) in [5, 5.41) is 0. The number of ether oxygens (including phenoxy) is 1. The first-order chi connectivity index (χ1) is 5.74. The molecule has 0 unspecified atom stereocenters. The molecule has 66 valence electrons. The van der Waals surface area contributed by atoms with Crippen molar-refractivity contribution in [1.29, 1.82) is 0 Å². The zero-order valence-electron chi connectivity index (χ0n) is 6.39. The number of benzene rings is 1. The van der Waals surface area contributed by atoms with Crippen molar-refractivity contribution in [3.63, 3.8) is 0 Å². The molecule has 0 bridgehead atoms. The normalized spacial score (nSPS) is 9.92. The molecule has 1 aromatic rings. The van der Waals surface area contributed by atoms with Crippen LogP contribution >= 0.6 is 31.9 Å². The number of rotatable bonds is 3. The van der Waals surface area contributed by atoms with Crippen LogP contribution in [0.3, 0.4) is 0 Å². The van der Waals surface area contributed by atoms with Crippen molar-refractivity contribution in [2.45, 2.75) is 0 Å². The van der Waals surface area contributed by atoms with Gasteiger partial charge in [-0.2, -0.15) is 0 Å². The first-order valence-corrected chi connectivity index (χ1v) is 5.10. The van der Waals surface area contributed by atoms with E-state index in [1.54, 1.807) is 0 Å². The van der Waals surface area contributed by atoms with Crippen LogP contribution in [0.25, 0.3) is 0 Å². The van der Waals surface area contributed by atoms with E-state index in [1.165, 1.54) is 0 Å². The number of halogens is 2. The summed E-state index contributed by atoms with van der Waals surface area (Å²) in [4.78, 5) is 0. The van der Waals surface area contributed by atoms with Crippen molar-refractivity contribution in [3.05, 3.63) is 27.1 Å². The van der Waals surface area contributed by atoms with Crippen molar-refractivity contribution in [3.8, 4) is 5.75 Å². The van der Waals surface area contributed by atoms with E-state index in [9.17, 15) is 0 Å². The van der Waals surface area contributed by atoms with E-state index in [-0.39, 0.29) is 0 Å². The Hall–Kier alpha value is -0.0600. The van der Waals surface area contributed by atoms with Crippen molar-refractivity contribution in [1.82, 2.24) is 0 Å². The predicted octanol–water partition coefficient (Wildman–Crippen LogP) is 2.55. The molecule has 0 radical (unpaired) electrons. The van der Waals surface area contributed by atoms with Gasteiger partial charge in [0.25, 0.3) is 0 Å². The molecule has 0 spiro atoms. The molecule has 0 saturated heterocycles. The Balaban J connectivity index is 2.72. The predicted molar refractivity (Wildman–Crippen MR) is 56.4 cm³/mol. The molecule has 0 amide bonds. The summed E-state index contributed by atoms with van der Waals surface area (Å²) in [5.41, 5.74) is 5.31. The number of hydrogen-bond acceptors (Lipinski definition) is 2. The van der Waals surface area contributed by atoms with Crippen molar-refractivity contribution in [2.75, 3.05) is 13.2 Å². The molecule has 0 saturated carbocycles. The minimum atomic E-state index is 0.530. The van der Waals surface area contributed by atoms with Gasteiger partial charge >= 0.3 is 0 Å². The molecular weight excluding hydrogens is 286 g/mol. The Kier molecular flexibility index (Phi) is 4.05. The lowest BCUT2D eigenvalue weighted by molar-refractivity contribution is 0.326. The fraction of sp³-hybridized carbons (Fsp3) is 0.250. The fourth-order valence-corrected chi connectivity index (χ4v) is 1.92. The van der Waals surface area contributed by atoms with Crippen molar-refractivity contribution >= 4 is 31.9 Å². The Morgan fingerprint density at radius 1 is 1.33 bits per heavy atom. The second-order valence-corrected chi connectivity index (χ2v) is 3.98. The third kappa shape index (κ3) is 2.77. The molecule has 0 atom stereocenters. The largest absolute Gasteiger partial charge is 0.491 e. The molecule has 0 aliphatic heterocycles. The van der Waals surface area contributed by atoms with Gasteiger partial charge in [0.1, 0.15) is 12.4 Å². The first kappa shape index (κ1) is 10.0. The van der Waals surface area contributed by atoms with Gasteiger partial charge in [0.2, 0.25) is 0 Å². The zero-order valence-corrected chi connectivity index (χ0v) is 9.56. The second-order valence-electron chi connectivity index (χ2n) is 2.21. The molecule has 0 aliphatic carbocycles. The Morgan fingerprint density at radius 3 is 2.67 bits per heavy atom. The summed E-state index contributed by atoms with van der Waals surface area (Å²) in [7, 11) is 0. The van der Waals surface area contributed by atoms with Gasteiger partial charge in [-0.15, -0.1) is 0 Å². The maximum atomic E-state index is 5.35. The van der Waals surface area contributed by atoms with E-state index >= 15 is 0 Å². The minimum Gasteiger partial charge on any atom is -0.491 e. The van der Waals surface area contributed by atoms with Crippen LogP contribution in [-0.4, -0.2) is 13.2 Å². The standard InChI is InChI=1S/C8H9Br2NO/c9-6-1-2-8(7(10)5-6)12-4-3-11/h1-2,5H,3-4,11H2. The van der Waals surface area contributed by atoms with Gasteiger partial charge < -0.3 is 10.5 Å².